The molecule has 0 amide bonds. The van der Waals surface area contributed by atoms with Crippen molar-refractivity contribution in [1.82, 2.24) is 0 Å². The fourth-order valence-corrected chi connectivity index (χ4v) is 3.11. The molecule has 0 aliphatic carbocycles. The second-order valence-corrected chi connectivity index (χ2v) is 5.90. The van der Waals surface area contributed by atoms with Gasteiger partial charge in [-0.25, -0.2) is 0 Å². The molecule has 0 bridgehead atoms. The lowest BCUT2D eigenvalue weighted by Gasteiger charge is -2.28. The van der Waals surface area contributed by atoms with Crippen LogP contribution in [0, 0.1) is 5.92 Å². The Labute approximate surface area is 150 Å². The van der Waals surface area contributed by atoms with Crippen LogP contribution >= 0.6 is 0 Å². The number of ether oxygens (including phenoxy) is 4. The van der Waals surface area contributed by atoms with E-state index in [9.17, 15) is 15.0 Å². The fourth-order valence-electron chi connectivity index (χ4n) is 3.11. The zero-order chi connectivity index (χ0) is 18.8. The fraction of sp³-hybridized carbons (Fsp3) is 0.316. The number of rotatable bonds is 5. The van der Waals surface area contributed by atoms with Gasteiger partial charge in [-0.15, -0.1) is 0 Å². The largest absolute Gasteiger partial charge is 0.508 e. The third kappa shape index (κ3) is 2.85. The van der Waals surface area contributed by atoms with Crippen molar-refractivity contribution in [2.75, 3.05) is 27.9 Å². The van der Waals surface area contributed by atoms with E-state index in [0.29, 0.717) is 6.42 Å². The maximum Gasteiger partial charge on any atom is 0.211 e. The Bertz CT molecular complexity index is 827. The van der Waals surface area contributed by atoms with Crippen LogP contribution in [0.1, 0.15) is 15.9 Å². The first-order valence-corrected chi connectivity index (χ1v) is 8.01. The highest BCUT2D eigenvalue weighted by Crippen LogP contribution is 2.54. The molecule has 3 rings (SSSR count). The van der Waals surface area contributed by atoms with Gasteiger partial charge in [-0.2, -0.15) is 0 Å². The molecule has 0 aromatic heterocycles. The van der Waals surface area contributed by atoms with Crippen molar-refractivity contribution in [3.63, 3.8) is 0 Å². The topological polar surface area (TPSA) is 94.5 Å². The van der Waals surface area contributed by atoms with Crippen molar-refractivity contribution in [3.8, 4) is 34.5 Å². The number of carbonyl (C=O) groups is 1. The van der Waals surface area contributed by atoms with Crippen LogP contribution in [-0.2, 0) is 6.42 Å². The van der Waals surface area contributed by atoms with Crippen molar-refractivity contribution >= 4 is 5.78 Å². The molecule has 2 aromatic carbocycles. The van der Waals surface area contributed by atoms with Crippen molar-refractivity contribution in [2.24, 2.45) is 5.92 Å². The van der Waals surface area contributed by atoms with Crippen LogP contribution in [0.5, 0.6) is 34.5 Å². The molecule has 0 radical (unpaired) electrons. The van der Waals surface area contributed by atoms with Crippen LogP contribution in [-0.4, -0.2) is 43.9 Å². The van der Waals surface area contributed by atoms with Crippen molar-refractivity contribution in [2.45, 2.75) is 6.42 Å². The van der Waals surface area contributed by atoms with Crippen LogP contribution in [0.2, 0.25) is 0 Å². The summed E-state index contributed by atoms with van der Waals surface area (Å²) in [5.41, 5.74) is 0.898. The lowest BCUT2D eigenvalue weighted by atomic mass is 9.88. The van der Waals surface area contributed by atoms with Crippen LogP contribution in [0.25, 0.3) is 0 Å². The Balaban J connectivity index is 2.02. The molecule has 7 nitrogen and oxygen atoms in total. The van der Waals surface area contributed by atoms with E-state index in [4.69, 9.17) is 18.9 Å². The number of methoxy groups -OCH3 is 3. The summed E-state index contributed by atoms with van der Waals surface area (Å²) < 4.78 is 21.5. The highest BCUT2D eigenvalue weighted by molar-refractivity contribution is 6.06. The molecular formula is C19H20O7. The Kier molecular flexibility index (Phi) is 4.79. The molecule has 26 heavy (non-hydrogen) atoms. The second-order valence-electron chi connectivity index (χ2n) is 5.90. The molecule has 138 valence electrons. The highest BCUT2D eigenvalue weighted by Gasteiger charge is 2.38. The summed E-state index contributed by atoms with van der Waals surface area (Å²) in [5.74, 6) is -0.397. The maximum atomic E-state index is 13.0. The smallest absolute Gasteiger partial charge is 0.211 e. The summed E-state index contributed by atoms with van der Waals surface area (Å²) in [6, 6.07) is 6.61. The number of hydrogen-bond donors (Lipinski definition) is 2. The zero-order valence-corrected chi connectivity index (χ0v) is 14.7. The lowest BCUT2D eigenvalue weighted by molar-refractivity contribution is 0.0818. The number of phenols is 2. The third-order valence-electron chi connectivity index (χ3n) is 4.37. The highest BCUT2D eigenvalue weighted by atomic mass is 16.5. The molecule has 1 aliphatic heterocycles. The third-order valence-corrected chi connectivity index (χ3v) is 4.37. The first-order valence-electron chi connectivity index (χ1n) is 8.01. The van der Waals surface area contributed by atoms with E-state index >= 15 is 0 Å². The van der Waals surface area contributed by atoms with Gasteiger partial charge in [0, 0.05) is 0 Å². The van der Waals surface area contributed by atoms with Gasteiger partial charge in [0.05, 0.1) is 33.9 Å². The van der Waals surface area contributed by atoms with Crippen LogP contribution in [0.3, 0.4) is 0 Å². The van der Waals surface area contributed by atoms with E-state index in [0.717, 1.165) is 5.56 Å². The van der Waals surface area contributed by atoms with Crippen LogP contribution in [0.15, 0.2) is 24.3 Å². The molecule has 1 aliphatic rings. The summed E-state index contributed by atoms with van der Waals surface area (Å²) in [6.45, 7) is 0.137. The Morgan fingerprint density at radius 2 is 1.62 bits per heavy atom. The number of Topliss-reactive ketones (excluding diaryl/α,β-unsaturated/α-hetero) is 1. The average molecular weight is 360 g/mol. The minimum absolute atomic E-state index is 0.0188. The number of benzene rings is 2. The summed E-state index contributed by atoms with van der Waals surface area (Å²) >= 11 is 0. The first kappa shape index (κ1) is 17.7. The molecular weight excluding hydrogens is 340 g/mol. The molecule has 0 spiro atoms. The van der Waals surface area contributed by atoms with Gasteiger partial charge in [0.15, 0.2) is 17.3 Å². The lowest BCUT2D eigenvalue weighted by Crippen LogP contribution is -2.30. The van der Waals surface area contributed by atoms with E-state index < -0.39 is 5.92 Å². The van der Waals surface area contributed by atoms with E-state index in [1.807, 2.05) is 0 Å². The van der Waals surface area contributed by atoms with E-state index in [-0.39, 0.29) is 52.5 Å². The Morgan fingerprint density at radius 1 is 1.00 bits per heavy atom. The molecule has 1 atom stereocenters. The molecule has 0 unspecified atom stereocenters. The van der Waals surface area contributed by atoms with Crippen molar-refractivity contribution in [3.05, 3.63) is 35.4 Å². The normalized spacial score (nSPS) is 15.8. The van der Waals surface area contributed by atoms with Gasteiger partial charge in [-0.1, -0.05) is 12.1 Å². The molecule has 0 saturated carbocycles. The second kappa shape index (κ2) is 7.03. The van der Waals surface area contributed by atoms with E-state index in [2.05, 4.69) is 0 Å². The molecule has 1 heterocycles. The van der Waals surface area contributed by atoms with E-state index in [1.165, 1.54) is 21.3 Å². The summed E-state index contributed by atoms with van der Waals surface area (Å²) in [5, 5.41) is 19.9. The van der Waals surface area contributed by atoms with Crippen LogP contribution < -0.4 is 18.9 Å². The maximum absolute atomic E-state index is 13.0. The van der Waals surface area contributed by atoms with Crippen molar-refractivity contribution < 1.29 is 34.0 Å². The number of phenolic OH excluding ortho intramolecular Hbond substituents is 2. The molecule has 7 heteroatoms. The van der Waals surface area contributed by atoms with Gasteiger partial charge in [-0.3, -0.25) is 4.79 Å². The first-order chi connectivity index (χ1) is 12.5. The summed E-state index contributed by atoms with van der Waals surface area (Å²) in [7, 11) is 4.20. The minimum Gasteiger partial charge on any atom is -0.508 e. The standard InChI is InChI=1S/C19H20O7/c1-23-17-15(22)13-14(21)11(8-10-4-6-12(20)7-5-10)9-26-16(13)18(24-2)19(17)25-3/h4-7,11,20,22H,8-9H2,1-3H3/t11-/m1/s1. The molecule has 2 N–H and O–H groups in total. The number of ketones is 1. The monoisotopic (exact) mass is 360 g/mol. The predicted octanol–water partition coefficient (Wildman–Crippen LogP) is 2.56. The van der Waals surface area contributed by atoms with Gasteiger partial charge in [0.1, 0.15) is 11.3 Å². The Hall–Kier alpha value is -3.09. The van der Waals surface area contributed by atoms with Crippen LogP contribution in [0.4, 0.5) is 0 Å². The Morgan fingerprint density at radius 3 is 2.19 bits per heavy atom. The van der Waals surface area contributed by atoms with Gasteiger partial charge in [0.25, 0.3) is 0 Å². The number of aromatic hydroxyl groups is 2. The summed E-state index contributed by atoms with van der Waals surface area (Å²) in [4.78, 5) is 13.0. The minimum atomic E-state index is -0.485. The molecule has 0 fully saturated rings. The average Bonchev–Trinajstić information content (AvgIpc) is 2.65. The van der Waals surface area contributed by atoms with Crippen molar-refractivity contribution in [1.29, 1.82) is 0 Å². The SMILES string of the molecule is COc1c(O)c2c(c(OC)c1OC)OC[C@@H](Cc1ccc(O)cc1)C2=O. The van der Waals surface area contributed by atoms with Gasteiger partial charge in [-0.05, 0) is 24.1 Å². The zero-order valence-electron chi connectivity index (χ0n) is 14.7. The molecule has 2 aromatic rings. The molecule has 0 saturated heterocycles. The van der Waals surface area contributed by atoms with E-state index in [1.54, 1.807) is 24.3 Å². The van der Waals surface area contributed by atoms with Gasteiger partial charge in [0.2, 0.25) is 17.2 Å². The number of hydrogen-bond acceptors (Lipinski definition) is 7. The predicted molar refractivity (Wildman–Crippen MR) is 92.9 cm³/mol. The number of carbonyl (C=O) groups excluding carboxylic acids is 1. The van der Waals surface area contributed by atoms with Gasteiger partial charge < -0.3 is 29.2 Å². The number of fused-ring (bicyclic) bond motifs is 1. The van der Waals surface area contributed by atoms with Gasteiger partial charge >= 0.3 is 0 Å². The quantitative estimate of drug-likeness (QED) is 0.846. The summed E-state index contributed by atoms with van der Waals surface area (Å²) in [6.07, 6.45) is 0.411.